The van der Waals surface area contributed by atoms with Gasteiger partial charge in [0.15, 0.2) is 0 Å². The molecule has 1 aliphatic heterocycles. The molecule has 1 aromatic carbocycles. The zero-order valence-corrected chi connectivity index (χ0v) is 11.9. The molecular formula is C16H24N2O2. The Morgan fingerprint density at radius 3 is 2.70 bits per heavy atom. The molecule has 20 heavy (non-hydrogen) atoms. The van der Waals surface area contributed by atoms with Crippen LogP contribution in [-0.2, 0) is 6.54 Å². The van der Waals surface area contributed by atoms with Crippen LogP contribution in [0.1, 0.15) is 31.2 Å². The van der Waals surface area contributed by atoms with Crippen LogP contribution in [-0.4, -0.2) is 40.8 Å². The molecule has 1 atom stereocenters. The zero-order valence-electron chi connectivity index (χ0n) is 11.9. The van der Waals surface area contributed by atoms with E-state index in [1.807, 2.05) is 6.07 Å². The smallest absolute Gasteiger partial charge is 0.123 e. The third kappa shape index (κ3) is 3.44. The van der Waals surface area contributed by atoms with Gasteiger partial charge in [-0.2, -0.15) is 0 Å². The van der Waals surface area contributed by atoms with Crippen molar-refractivity contribution in [2.45, 2.75) is 38.3 Å². The van der Waals surface area contributed by atoms with Gasteiger partial charge in [-0.05, 0) is 50.8 Å². The molecule has 1 heterocycles. The van der Waals surface area contributed by atoms with Crippen molar-refractivity contribution in [2.24, 2.45) is 5.92 Å². The summed E-state index contributed by atoms with van der Waals surface area (Å²) in [4.78, 5) is 2.50. The van der Waals surface area contributed by atoms with Crippen LogP contribution in [0.4, 0.5) is 0 Å². The van der Waals surface area contributed by atoms with E-state index in [-0.39, 0.29) is 11.5 Å². The van der Waals surface area contributed by atoms with Gasteiger partial charge in [-0.1, -0.05) is 6.07 Å². The van der Waals surface area contributed by atoms with E-state index in [2.05, 4.69) is 10.2 Å². The van der Waals surface area contributed by atoms with E-state index in [1.165, 1.54) is 31.7 Å². The van der Waals surface area contributed by atoms with Crippen LogP contribution in [0.5, 0.6) is 11.5 Å². The van der Waals surface area contributed by atoms with Crippen molar-refractivity contribution in [3.8, 4) is 11.5 Å². The van der Waals surface area contributed by atoms with Crippen LogP contribution in [0.3, 0.4) is 0 Å². The highest BCUT2D eigenvalue weighted by molar-refractivity contribution is 5.38. The summed E-state index contributed by atoms with van der Waals surface area (Å²) >= 11 is 0. The lowest BCUT2D eigenvalue weighted by molar-refractivity contribution is 0.191. The average molecular weight is 276 g/mol. The van der Waals surface area contributed by atoms with Crippen LogP contribution in [0, 0.1) is 5.92 Å². The summed E-state index contributed by atoms with van der Waals surface area (Å²) in [7, 11) is 0. The lowest BCUT2D eigenvalue weighted by atomic mass is 9.98. The minimum Gasteiger partial charge on any atom is -0.508 e. The highest BCUT2D eigenvalue weighted by Gasteiger charge is 2.31. The van der Waals surface area contributed by atoms with E-state index in [4.69, 9.17) is 0 Å². The number of hydrogen-bond acceptors (Lipinski definition) is 4. The largest absolute Gasteiger partial charge is 0.508 e. The maximum Gasteiger partial charge on any atom is 0.123 e. The lowest BCUT2D eigenvalue weighted by Gasteiger charge is -2.30. The first-order valence-corrected chi connectivity index (χ1v) is 7.68. The Morgan fingerprint density at radius 2 is 2.05 bits per heavy atom. The Bertz CT molecular complexity index is 454. The van der Waals surface area contributed by atoms with Crippen LogP contribution in [0.2, 0.25) is 0 Å². The summed E-state index contributed by atoms with van der Waals surface area (Å²) in [6, 6.07) is 5.61. The number of piperidine rings is 1. The van der Waals surface area contributed by atoms with E-state index in [0.717, 1.165) is 37.7 Å². The van der Waals surface area contributed by atoms with Crippen LogP contribution in [0.25, 0.3) is 0 Å². The van der Waals surface area contributed by atoms with Crippen molar-refractivity contribution >= 4 is 0 Å². The van der Waals surface area contributed by atoms with Crippen molar-refractivity contribution < 1.29 is 10.2 Å². The number of benzene rings is 1. The number of phenols is 2. The van der Waals surface area contributed by atoms with Crippen molar-refractivity contribution in [3.63, 3.8) is 0 Å². The molecule has 1 aromatic rings. The second-order valence-corrected chi connectivity index (χ2v) is 6.19. The molecule has 1 unspecified atom stereocenters. The van der Waals surface area contributed by atoms with Gasteiger partial charge in [-0.15, -0.1) is 0 Å². The molecule has 0 radical (unpaired) electrons. The summed E-state index contributed by atoms with van der Waals surface area (Å²) in [5.74, 6) is 1.06. The quantitative estimate of drug-likeness (QED) is 0.770. The van der Waals surface area contributed by atoms with Gasteiger partial charge < -0.3 is 15.5 Å². The normalized spacial score (nSPS) is 23.1. The maximum absolute atomic E-state index is 9.95. The first-order valence-electron chi connectivity index (χ1n) is 7.68. The molecule has 4 heteroatoms. The van der Waals surface area contributed by atoms with Crippen molar-refractivity contribution in [2.75, 3.05) is 19.6 Å². The van der Waals surface area contributed by atoms with E-state index in [0.29, 0.717) is 6.04 Å². The Hall–Kier alpha value is -1.26. The number of nitrogens with zero attached hydrogens (tertiary/aromatic N) is 1. The SMILES string of the molecule is Oc1ccc(CN(CC2CCCNC2)C2CC2)c(O)c1. The Labute approximate surface area is 120 Å². The van der Waals surface area contributed by atoms with Crippen LogP contribution < -0.4 is 5.32 Å². The monoisotopic (exact) mass is 276 g/mol. The van der Waals surface area contributed by atoms with Gasteiger partial charge in [0, 0.05) is 30.8 Å². The molecule has 1 saturated heterocycles. The third-order valence-electron chi connectivity index (χ3n) is 4.40. The third-order valence-corrected chi connectivity index (χ3v) is 4.40. The van der Waals surface area contributed by atoms with Gasteiger partial charge in [0.2, 0.25) is 0 Å². The van der Waals surface area contributed by atoms with E-state index in [1.54, 1.807) is 6.07 Å². The molecular weight excluding hydrogens is 252 g/mol. The molecule has 0 spiro atoms. The van der Waals surface area contributed by atoms with Crippen molar-refractivity contribution in [1.29, 1.82) is 0 Å². The molecule has 1 saturated carbocycles. The molecule has 2 aliphatic rings. The van der Waals surface area contributed by atoms with Gasteiger partial charge in [-0.25, -0.2) is 0 Å². The second kappa shape index (κ2) is 6.02. The van der Waals surface area contributed by atoms with E-state index < -0.39 is 0 Å². The topological polar surface area (TPSA) is 55.7 Å². The Morgan fingerprint density at radius 1 is 1.20 bits per heavy atom. The summed E-state index contributed by atoms with van der Waals surface area (Å²) in [5, 5.41) is 22.8. The number of nitrogens with one attached hydrogen (secondary N) is 1. The molecule has 3 N–H and O–H groups in total. The molecule has 110 valence electrons. The fourth-order valence-electron chi connectivity index (χ4n) is 3.10. The molecule has 2 fully saturated rings. The minimum absolute atomic E-state index is 0.126. The van der Waals surface area contributed by atoms with Gasteiger partial charge in [0.1, 0.15) is 11.5 Å². The number of phenolic OH excluding ortho intramolecular Hbond substituents is 2. The number of rotatable bonds is 5. The summed E-state index contributed by atoms with van der Waals surface area (Å²) < 4.78 is 0. The summed E-state index contributed by atoms with van der Waals surface area (Å²) in [6.07, 6.45) is 5.13. The molecule has 3 rings (SSSR count). The zero-order chi connectivity index (χ0) is 13.9. The van der Waals surface area contributed by atoms with E-state index >= 15 is 0 Å². The lowest BCUT2D eigenvalue weighted by Crippen LogP contribution is -2.39. The first-order chi connectivity index (χ1) is 9.72. The van der Waals surface area contributed by atoms with Gasteiger partial charge in [-0.3, -0.25) is 4.90 Å². The van der Waals surface area contributed by atoms with Crippen LogP contribution in [0.15, 0.2) is 18.2 Å². The highest BCUT2D eigenvalue weighted by atomic mass is 16.3. The fraction of sp³-hybridized carbons (Fsp3) is 0.625. The highest BCUT2D eigenvalue weighted by Crippen LogP contribution is 2.32. The van der Waals surface area contributed by atoms with E-state index in [9.17, 15) is 10.2 Å². The summed E-state index contributed by atoms with van der Waals surface area (Å²) in [6.45, 7) is 4.16. The molecule has 0 aromatic heterocycles. The van der Waals surface area contributed by atoms with Crippen molar-refractivity contribution in [3.05, 3.63) is 23.8 Å². The molecule has 1 aliphatic carbocycles. The molecule has 0 amide bonds. The van der Waals surface area contributed by atoms with Crippen LogP contribution >= 0.6 is 0 Å². The van der Waals surface area contributed by atoms with Crippen molar-refractivity contribution in [1.82, 2.24) is 10.2 Å². The predicted molar refractivity (Wildman–Crippen MR) is 78.8 cm³/mol. The van der Waals surface area contributed by atoms with Gasteiger partial charge >= 0.3 is 0 Å². The second-order valence-electron chi connectivity index (χ2n) is 6.19. The number of aromatic hydroxyl groups is 2. The number of hydrogen-bond donors (Lipinski definition) is 3. The summed E-state index contributed by atoms with van der Waals surface area (Å²) in [5.41, 5.74) is 0.915. The maximum atomic E-state index is 9.95. The van der Waals surface area contributed by atoms with Gasteiger partial charge in [0.25, 0.3) is 0 Å². The predicted octanol–water partition coefficient (Wildman–Crippen LogP) is 2.06. The minimum atomic E-state index is 0.126. The van der Waals surface area contributed by atoms with Gasteiger partial charge in [0.05, 0.1) is 0 Å². The fourth-order valence-corrected chi connectivity index (χ4v) is 3.10. The molecule has 0 bridgehead atoms. The Kier molecular flexibility index (Phi) is 4.13. The average Bonchev–Trinajstić information content (AvgIpc) is 3.26. The first kappa shape index (κ1) is 13.7. The molecule has 4 nitrogen and oxygen atoms in total. The standard InChI is InChI=1S/C16H24N2O2/c19-15-6-3-13(16(20)8-15)11-18(14-4-5-14)10-12-2-1-7-17-9-12/h3,6,8,12,14,17,19-20H,1-2,4-5,7,9-11H2. The Balaban J connectivity index is 1.64.